The van der Waals surface area contributed by atoms with Crippen molar-refractivity contribution in [1.82, 2.24) is 4.98 Å². The molecule has 0 fully saturated rings. The Hall–Kier alpha value is -3.36. The van der Waals surface area contributed by atoms with Crippen LogP contribution in [-0.4, -0.2) is 19.3 Å². The summed E-state index contributed by atoms with van der Waals surface area (Å²) in [6.07, 6.45) is 2.56. The fraction of sp³-hybridized carbons (Fsp3) is 0.0909. The SMILES string of the molecule is CC(Oc1cc(Cl)cnc1N)c1cccc(NC(=O)c2ccc3c(c2)S(=O)(=O)C=C3)c1. The zero-order valence-electron chi connectivity index (χ0n) is 16.4. The number of amides is 1. The van der Waals surface area contributed by atoms with Gasteiger partial charge in [0.2, 0.25) is 0 Å². The lowest BCUT2D eigenvalue weighted by molar-refractivity contribution is 0.102. The van der Waals surface area contributed by atoms with Gasteiger partial charge >= 0.3 is 0 Å². The average Bonchev–Trinajstić information content (AvgIpc) is 3.05. The summed E-state index contributed by atoms with van der Waals surface area (Å²) in [5, 5.41) is 4.33. The third-order valence-electron chi connectivity index (χ3n) is 4.78. The highest BCUT2D eigenvalue weighted by molar-refractivity contribution is 7.94. The number of hydrogen-bond acceptors (Lipinski definition) is 6. The highest BCUT2D eigenvalue weighted by atomic mass is 35.5. The monoisotopic (exact) mass is 455 g/mol. The summed E-state index contributed by atoms with van der Waals surface area (Å²) in [6, 6.07) is 13.3. The summed E-state index contributed by atoms with van der Waals surface area (Å²) in [6.45, 7) is 1.83. The van der Waals surface area contributed by atoms with E-state index in [0.29, 0.717) is 22.0 Å². The number of sulfone groups is 1. The van der Waals surface area contributed by atoms with E-state index in [1.807, 2.05) is 13.0 Å². The summed E-state index contributed by atoms with van der Waals surface area (Å²) in [4.78, 5) is 16.8. The van der Waals surface area contributed by atoms with Gasteiger partial charge in [-0.3, -0.25) is 4.79 Å². The largest absolute Gasteiger partial charge is 0.482 e. The van der Waals surface area contributed by atoms with Gasteiger partial charge in [-0.1, -0.05) is 29.8 Å². The Balaban J connectivity index is 1.51. The van der Waals surface area contributed by atoms with E-state index >= 15 is 0 Å². The van der Waals surface area contributed by atoms with E-state index in [9.17, 15) is 13.2 Å². The number of pyridine rings is 1. The molecule has 158 valence electrons. The van der Waals surface area contributed by atoms with Crippen molar-refractivity contribution in [1.29, 1.82) is 0 Å². The van der Waals surface area contributed by atoms with Crippen LogP contribution in [0.3, 0.4) is 0 Å². The Kier molecular flexibility index (Phi) is 5.43. The normalized spacial score (nSPS) is 14.6. The van der Waals surface area contributed by atoms with E-state index < -0.39 is 21.8 Å². The van der Waals surface area contributed by atoms with Gasteiger partial charge in [-0.15, -0.1) is 0 Å². The Morgan fingerprint density at radius 2 is 2.00 bits per heavy atom. The number of nitrogens with zero attached hydrogens (tertiary/aromatic N) is 1. The van der Waals surface area contributed by atoms with Crippen LogP contribution in [0.4, 0.5) is 11.5 Å². The third kappa shape index (κ3) is 4.40. The maximum atomic E-state index is 12.7. The summed E-state index contributed by atoms with van der Waals surface area (Å²) in [5.74, 6) is 0.170. The molecule has 1 aromatic heterocycles. The third-order valence-corrected chi connectivity index (χ3v) is 6.44. The number of anilines is 2. The molecule has 1 aliphatic heterocycles. The molecular weight excluding hydrogens is 438 g/mol. The van der Waals surface area contributed by atoms with Gasteiger partial charge in [-0.25, -0.2) is 13.4 Å². The number of nitrogens with one attached hydrogen (secondary N) is 1. The second kappa shape index (κ2) is 8.05. The van der Waals surface area contributed by atoms with E-state index in [0.717, 1.165) is 11.0 Å². The fourth-order valence-corrected chi connectivity index (χ4v) is 4.53. The van der Waals surface area contributed by atoms with Crippen LogP contribution in [0.25, 0.3) is 6.08 Å². The fourth-order valence-electron chi connectivity index (χ4n) is 3.15. The molecule has 2 aromatic carbocycles. The smallest absolute Gasteiger partial charge is 0.255 e. The van der Waals surface area contributed by atoms with Gasteiger partial charge in [0.05, 0.1) is 9.92 Å². The minimum atomic E-state index is -3.49. The minimum absolute atomic E-state index is 0.128. The molecule has 1 amide bonds. The molecule has 2 heterocycles. The number of nitrogen functional groups attached to an aromatic ring is 1. The first-order chi connectivity index (χ1) is 14.7. The minimum Gasteiger partial charge on any atom is -0.482 e. The van der Waals surface area contributed by atoms with E-state index in [2.05, 4.69) is 10.3 Å². The molecular formula is C22H18ClN3O4S. The molecule has 3 aromatic rings. The summed E-state index contributed by atoms with van der Waals surface area (Å²) >= 11 is 5.95. The number of rotatable bonds is 5. The van der Waals surface area contributed by atoms with Crippen LogP contribution in [0.1, 0.15) is 34.5 Å². The van der Waals surface area contributed by atoms with Crippen molar-refractivity contribution >= 4 is 44.9 Å². The number of carbonyl (C=O) groups excluding carboxylic acids is 1. The van der Waals surface area contributed by atoms with Gasteiger partial charge < -0.3 is 15.8 Å². The van der Waals surface area contributed by atoms with Gasteiger partial charge in [-0.05, 0) is 48.4 Å². The first kappa shape index (κ1) is 20.9. The molecule has 7 nitrogen and oxygen atoms in total. The lowest BCUT2D eigenvalue weighted by Gasteiger charge is -2.17. The molecule has 1 atom stereocenters. The standard InChI is InChI=1S/C22H18ClN3O4S/c1-13(30-19-11-17(23)12-25-21(19)24)15-3-2-4-18(9-15)26-22(27)16-6-5-14-7-8-31(28,29)20(14)10-16/h2-13H,1H3,(H2,24,25)(H,26,27). The first-order valence-electron chi connectivity index (χ1n) is 9.29. The second-order valence-electron chi connectivity index (χ2n) is 6.98. The average molecular weight is 456 g/mol. The number of aromatic nitrogens is 1. The molecule has 3 N–H and O–H groups in total. The predicted octanol–water partition coefficient (Wildman–Crippen LogP) is 4.47. The van der Waals surface area contributed by atoms with Crippen molar-refractivity contribution in [3.8, 4) is 5.75 Å². The van der Waals surface area contributed by atoms with E-state index in [4.69, 9.17) is 22.1 Å². The maximum Gasteiger partial charge on any atom is 0.255 e. The molecule has 1 unspecified atom stereocenters. The van der Waals surface area contributed by atoms with Gasteiger partial charge in [0.25, 0.3) is 5.91 Å². The predicted molar refractivity (Wildman–Crippen MR) is 120 cm³/mol. The molecule has 0 radical (unpaired) electrons. The van der Waals surface area contributed by atoms with Crippen molar-refractivity contribution in [3.05, 3.63) is 81.8 Å². The molecule has 1 aliphatic rings. The van der Waals surface area contributed by atoms with Crippen LogP contribution in [0, 0.1) is 0 Å². The maximum absolute atomic E-state index is 12.7. The number of halogens is 1. The zero-order valence-corrected chi connectivity index (χ0v) is 17.9. The Labute approximate surface area is 184 Å². The highest BCUT2D eigenvalue weighted by Crippen LogP contribution is 2.30. The number of benzene rings is 2. The Morgan fingerprint density at radius 1 is 1.19 bits per heavy atom. The molecule has 0 spiro atoms. The molecule has 4 rings (SSSR count). The zero-order chi connectivity index (χ0) is 22.2. The van der Waals surface area contributed by atoms with Crippen molar-refractivity contribution in [2.24, 2.45) is 0 Å². The van der Waals surface area contributed by atoms with Crippen molar-refractivity contribution in [2.45, 2.75) is 17.9 Å². The van der Waals surface area contributed by atoms with E-state index in [-0.39, 0.29) is 16.3 Å². The molecule has 0 saturated carbocycles. The molecule has 0 saturated heterocycles. The van der Waals surface area contributed by atoms with Crippen molar-refractivity contribution in [2.75, 3.05) is 11.1 Å². The van der Waals surface area contributed by atoms with Crippen LogP contribution in [0.2, 0.25) is 5.02 Å². The number of nitrogens with two attached hydrogens (primary N) is 1. The van der Waals surface area contributed by atoms with Crippen LogP contribution in [0.15, 0.2) is 65.0 Å². The van der Waals surface area contributed by atoms with Crippen LogP contribution >= 0.6 is 11.6 Å². The lowest BCUT2D eigenvalue weighted by atomic mass is 10.1. The quantitative estimate of drug-likeness (QED) is 0.587. The lowest BCUT2D eigenvalue weighted by Crippen LogP contribution is -2.13. The first-order valence-corrected chi connectivity index (χ1v) is 11.2. The van der Waals surface area contributed by atoms with Crippen LogP contribution in [-0.2, 0) is 9.84 Å². The van der Waals surface area contributed by atoms with Gasteiger partial charge in [-0.2, -0.15) is 0 Å². The molecule has 0 aliphatic carbocycles. The molecule has 0 bridgehead atoms. The van der Waals surface area contributed by atoms with Gasteiger partial charge in [0.1, 0.15) is 6.10 Å². The molecule has 9 heteroatoms. The van der Waals surface area contributed by atoms with Crippen molar-refractivity contribution in [3.63, 3.8) is 0 Å². The van der Waals surface area contributed by atoms with Gasteiger partial charge in [0.15, 0.2) is 21.4 Å². The van der Waals surface area contributed by atoms with Crippen LogP contribution < -0.4 is 15.8 Å². The van der Waals surface area contributed by atoms with Gasteiger partial charge in [0, 0.05) is 28.9 Å². The Bertz CT molecular complexity index is 1320. The second-order valence-corrected chi connectivity index (χ2v) is 9.22. The topological polar surface area (TPSA) is 111 Å². The van der Waals surface area contributed by atoms with Crippen LogP contribution in [0.5, 0.6) is 5.75 Å². The van der Waals surface area contributed by atoms with E-state index in [1.165, 1.54) is 18.3 Å². The number of ether oxygens (including phenoxy) is 1. The highest BCUT2D eigenvalue weighted by Gasteiger charge is 2.22. The summed E-state index contributed by atoms with van der Waals surface area (Å²) in [7, 11) is -3.49. The summed E-state index contributed by atoms with van der Waals surface area (Å²) in [5.41, 5.74) is 7.98. The van der Waals surface area contributed by atoms with E-state index in [1.54, 1.807) is 36.4 Å². The Morgan fingerprint density at radius 3 is 2.81 bits per heavy atom. The number of carbonyl (C=O) groups is 1. The number of hydrogen-bond donors (Lipinski definition) is 2. The molecule has 31 heavy (non-hydrogen) atoms. The summed E-state index contributed by atoms with van der Waals surface area (Å²) < 4.78 is 30.0. The number of fused-ring (bicyclic) bond motifs is 1. The van der Waals surface area contributed by atoms with Crippen molar-refractivity contribution < 1.29 is 17.9 Å².